The van der Waals surface area contributed by atoms with Crippen LogP contribution in [0.3, 0.4) is 0 Å². The van der Waals surface area contributed by atoms with Gasteiger partial charge in [-0.25, -0.2) is 4.98 Å². The normalized spacial score (nSPS) is 12.5. The lowest BCUT2D eigenvalue weighted by Crippen LogP contribution is -2.25. The van der Waals surface area contributed by atoms with Gasteiger partial charge < -0.3 is 16.8 Å². The number of nitrogens with two attached hydrogens (primary N) is 2. The van der Waals surface area contributed by atoms with Crippen LogP contribution in [0.2, 0.25) is 0 Å². The first-order valence-corrected chi connectivity index (χ1v) is 3.76. The molecule has 5 N–H and O–H groups in total. The van der Waals surface area contributed by atoms with Crippen LogP contribution in [0.1, 0.15) is 6.92 Å². The molecule has 5 heteroatoms. The molecule has 0 aromatic carbocycles. The van der Waals surface area contributed by atoms with Gasteiger partial charge in [0.25, 0.3) is 0 Å². The van der Waals surface area contributed by atoms with Gasteiger partial charge in [0.2, 0.25) is 5.95 Å². The molecule has 0 fully saturated rings. The molecule has 0 aliphatic heterocycles. The maximum atomic E-state index is 5.53. The number of nitrogen functional groups attached to an aromatic ring is 1. The van der Waals surface area contributed by atoms with E-state index in [2.05, 4.69) is 15.3 Å². The van der Waals surface area contributed by atoms with Crippen LogP contribution in [0.4, 0.5) is 11.8 Å². The van der Waals surface area contributed by atoms with Crippen LogP contribution in [-0.4, -0.2) is 22.6 Å². The van der Waals surface area contributed by atoms with E-state index < -0.39 is 0 Å². The fraction of sp³-hybridized carbons (Fsp3) is 0.429. The summed E-state index contributed by atoms with van der Waals surface area (Å²) in [5, 5.41) is 2.96. The van der Waals surface area contributed by atoms with Crippen LogP contribution < -0.4 is 16.8 Å². The van der Waals surface area contributed by atoms with Crippen LogP contribution in [0.5, 0.6) is 0 Å². The van der Waals surface area contributed by atoms with Gasteiger partial charge in [-0.05, 0) is 13.0 Å². The van der Waals surface area contributed by atoms with E-state index >= 15 is 0 Å². The highest BCUT2D eigenvalue weighted by Gasteiger charge is 1.96. The zero-order chi connectivity index (χ0) is 8.97. The fourth-order valence-corrected chi connectivity index (χ4v) is 0.710. The van der Waals surface area contributed by atoms with Gasteiger partial charge in [0.15, 0.2) is 0 Å². The van der Waals surface area contributed by atoms with E-state index in [1.807, 2.05) is 6.92 Å². The number of hydrogen-bond acceptors (Lipinski definition) is 5. The number of nitrogens with one attached hydrogen (secondary N) is 1. The summed E-state index contributed by atoms with van der Waals surface area (Å²) in [4.78, 5) is 7.90. The first-order valence-electron chi connectivity index (χ1n) is 3.76. The summed E-state index contributed by atoms with van der Waals surface area (Å²) in [5.41, 5.74) is 11.0. The second kappa shape index (κ2) is 3.87. The average molecular weight is 167 g/mol. The average Bonchev–Trinajstić information content (AvgIpc) is 2.01. The molecule has 1 unspecified atom stereocenters. The molecule has 0 saturated carbocycles. The molecule has 1 heterocycles. The Bertz CT molecular complexity index is 247. The van der Waals surface area contributed by atoms with Crippen LogP contribution in [0.15, 0.2) is 12.3 Å². The Kier molecular flexibility index (Phi) is 2.82. The van der Waals surface area contributed by atoms with Crippen molar-refractivity contribution in [1.29, 1.82) is 0 Å². The van der Waals surface area contributed by atoms with E-state index in [0.717, 1.165) is 0 Å². The Morgan fingerprint density at radius 2 is 2.42 bits per heavy atom. The van der Waals surface area contributed by atoms with Gasteiger partial charge in [0.05, 0.1) is 0 Å². The smallest absolute Gasteiger partial charge is 0.224 e. The number of aromatic nitrogens is 2. The first-order chi connectivity index (χ1) is 5.68. The Morgan fingerprint density at radius 3 is 3.00 bits per heavy atom. The molecule has 1 rings (SSSR count). The highest BCUT2D eigenvalue weighted by molar-refractivity contribution is 5.34. The van der Waals surface area contributed by atoms with Crippen molar-refractivity contribution in [2.75, 3.05) is 17.6 Å². The van der Waals surface area contributed by atoms with Gasteiger partial charge in [-0.1, -0.05) is 0 Å². The number of anilines is 2. The molecule has 1 aromatic heterocycles. The van der Waals surface area contributed by atoms with Crippen LogP contribution in [0, 0.1) is 0 Å². The third-order valence-electron chi connectivity index (χ3n) is 1.26. The maximum absolute atomic E-state index is 5.53. The minimum atomic E-state index is 0.0787. The molecule has 12 heavy (non-hydrogen) atoms. The molecule has 0 amide bonds. The van der Waals surface area contributed by atoms with E-state index in [1.165, 1.54) is 0 Å². The van der Waals surface area contributed by atoms with Gasteiger partial charge >= 0.3 is 0 Å². The number of rotatable bonds is 3. The third kappa shape index (κ3) is 2.71. The molecule has 0 bridgehead atoms. The summed E-state index contributed by atoms with van der Waals surface area (Å²) < 4.78 is 0. The third-order valence-corrected chi connectivity index (χ3v) is 1.26. The molecule has 1 atom stereocenters. The monoisotopic (exact) mass is 167 g/mol. The largest absolute Gasteiger partial charge is 0.384 e. The fourth-order valence-electron chi connectivity index (χ4n) is 0.710. The zero-order valence-corrected chi connectivity index (χ0v) is 6.99. The van der Waals surface area contributed by atoms with Gasteiger partial charge in [0, 0.05) is 18.8 Å². The summed E-state index contributed by atoms with van der Waals surface area (Å²) in [6, 6.07) is 1.71. The molecule has 5 nitrogen and oxygen atoms in total. The van der Waals surface area contributed by atoms with Crippen molar-refractivity contribution in [2.24, 2.45) is 5.73 Å². The zero-order valence-electron chi connectivity index (χ0n) is 6.99. The van der Waals surface area contributed by atoms with Gasteiger partial charge in [0.1, 0.15) is 5.82 Å². The number of hydrogen-bond donors (Lipinski definition) is 3. The van der Waals surface area contributed by atoms with E-state index in [4.69, 9.17) is 11.5 Å². The molecular weight excluding hydrogens is 154 g/mol. The topological polar surface area (TPSA) is 89.8 Å². The van der Waals surface area contributed by atoms with E-state index in [-0.39, 0.29) is 6.04 Å². The van der Waals surface area contributed by atoms with Crippen LogP contribution in [0.25, 0.3) is 0 Å². The molecule has 0 aliphatic rings. The Hall–Kier alpha value is -1.36. The van der Waals surface area contributed by atoms with Gasteiger partial charge in [-0.2, -0.15) is 4.98 Å². The minimum Gasteiger partial charge on any atom is -0.384 e. The van der Waals surface area contributed by atoms with Crippen molar-refractivity contribution >= 4 is 11.8 Å². The SMILES string of the molecule is CC(N)CNc1nccc(N)n1. The lowest BCUT2D eigenvalue weighted by Gasteiger charge is -2.06. The molecule has 0 spiro atoms. The van der Waals surface area contributed by atoms with Crippen molar-refractivity contribution < 1.29 is 0 Å². The molecule has 1 aromatic rings. The lowest BCUT2D eigenvalue weighted by atomic mass is 10.4. The highest BCUT2D eigenvalue weighted by atomic mass is 15.1. The highest BCUT2D eigenvalue weighted by Crippen LogP contribution is 2.00. The van der Waals surface area contributed by atoms with Crippen LogP contribution >= 0.6 is 0 Å². The summed E-state index contributed by atoms with van der Waals surface area (Å²) >= 11 is 0. The van der Waals surface area contributed by atoms with Crippen molar-refractivity contribution in [3.05, 3.63) is 12.3 Å². The predicted octanol–water partition coefficient (Wildman–Crippen LogP) is -0.182. The van der Waals surface area contributed by atoms with E-state index in [9.17, 15) is 0 Å². The van der Waals surface area contributed by atoms with Crippen LogP contribution in [-0.2, 0) is 0 Å². The van der Waals surface area contributed by atoms with Gasteiger partial charge in [-0.3, -0.25) is 0 Å². The standard InChI is InChI=1S/C7H13N5/c1-5(8)4-11-7-10-3-2-6(9)12-7/h2-3,5H,4,8H2,1H3,(H3,9,10,11,12). The lowest BCUT2D eigenvalue weighted by molar-refractivity contribution is 0.774. The van der Waals surface area contributed by atoms with Crippen molar-refractivity contribution in [1.82, 2.24) is 9.97 Å². The molecule has 66 valence electrons. The Balaban J connectivity index is 2.52. The summed E-state index contributed by atoms with van der Waals surface area (Å²) in [6.07, 6.45) is 1.60. The number of nitrogens with zero attached hydrogens (tertiary/aromatic N) is 2. The minimum absolute atomic E-state index is 0.0787. The molecule has 0 aliphatic carbocycles. The Labute approximate surface area is 71.2 Å². The Morgan fingerprint density at radius 1 is 1.67 bits per heavy atom. The van der Waals surface area contributed by atoms with E-state index in [0.29, 0.717) is 18.3 Å². The molecule has 0 radical (unpaired) electrons. The quantitative estimate of drug-likeness (QED) is 0.581. The van der Waals surface area contributed by atoms with Crippen molar-refractivity contribution in [3.63, 3.8) is 0 Å². The maximum Gasteiger partial charge on any atom is 0.224 e. The van der Waals surface area contributed by atoms with Gasteiger partial charge in [-0.15, -0.1) is 0 Å². The summed E-state index contributed by atoms with van der Waals surface area (Å²) in [5.74, 6) is 0.976. The molecular formula is C7H13N5. The van der Waals surface area contributed by atoms with E-state index in [1.54, 1.807) is 12.3 Å². The summed E-state index contributed by atoms with van der Waals surface area (Å²) in [7, 11) is 0. The first kappa shape index (κ1) is 8.73. The van der Waals surface area contributed by atoms with Crippen molar-refractivity contribution in [3.8, 4) is 0 Å². The predicted molar refractivity (Wildman–Crippen MR) is 48.6 cm³/mol. The second-order valence-corrected chi connectivity index (χ2v) is 2.66. The van der Waals surface area contributed by atoms with Crippen molar-refractivity contribution in [2.45, 2.75) is 13.0 Å². The second-order valence-electron chi connectivity index (χ2n) is 2.66. The molecule has 0 saturated heterocycles. The summed E-state index contributed by atoms with van der Waals surface area (Å²) in [6.45, 7) is 2.54.